The van der Waals surface area contributed by atoms with Gasteiger partial charge in [-0.2, -0.15) is 0 Å². The summed E-state index contributed by atoms with van der Waals surface area (Å²) in [5.41, 5.74) is 0.828. The number of fused-ring (bicyclic) bond motifs is 1. The number of carbonyl (C=O) groups is 1. The number of carbonyl (C=O) groups excluding carboxylic acids is 1. The van der Waals surface area contributed by atoms with Crippen LogP contribution in [0.25, 0.3) is 0 Å². The Labute approximate surface area is 127 Å². The minimum atomic E-state index is 0.171. The van der Waals surface area contributed by atoms with Crippen molar-refractivity contribution in [1.82, 2.24) is 4.90 Å². The van der Waals surface area contributed by atoms with E-state index in [-0.39, 0.29) is 18.1 Å². The zero-order chi connectivity index (χ0) is 13.2. The molecule has 3 rings (SSSR count). The molecule has 1 aromatic carbocycles. The molecule has 1 aliphatic carbocycles. The Hall–Kier alpha value is -0.620. The molecular formula is C15H18INO2. The number of benzene rings is 1. The van der Waals surface area contributed by atoms with E-state index < -0.39 is 0 Å². The quantitative estimate of drug-likeness (QED) is 0.711. The summed E-state index contributed by atoms with van der Waals surface area (Å²) in [6.45, 7) is 1.40. The van der Waals surface area contributed by atoms with Crippen LogP contribution in [0, 0.1) is 3.57 Å². The number of hydrogen-bond donors (Lipinski definition) is 0. The highest BCUT2D eigenvalue weighted by atomic mass is 127. The summed E-state index contributed by atoms with van der Waals surface area (Å²) >= 11 is 2.24. The summed E-state index contributed by atoms with van der Waals surface area (Å²) in [4.78, 5) is 14.8. The fourth-order valence-corrected chi connectivity index (χ4v) is 3.76. The average Bonchev–Trinajstić information content (AvgIpc) is 2.46. The molecule has 0 spiro atoms. The molecule has 2 aliphatic rings. The molecule has 102 valence electrons. The molecule has 0 bridgehead atoms. The lowest BCUT2D eigenvalue weighted by molar-refractivity contribution is -0.0753. The summed E-state index contributed by atoms with van der Waals surface area (Å²) < 4.78 is 6.86. The predicted octanol–water partition coefficient (Wildman–Crippen LogP) is 3.07. The van der Waals surface area contributed by atoms with Crippen LogP contribution in [-0.2, 0) is 4.74 Å². The van der Waals surface area contributed by atoms with E-state index in [2.05, 4.69) is 22.6 Å². The van der Waals surface area contributed by atoms with Crippen LogP contribution in [0.2, 0.25) is 0 Å². The van der Waals surface area contributed by atoms with Crippen molar-refractivity contribution in [2.75, 3.05) is 13.2 Å². The van der Waals surface area contributed by atoms with Crippen molar-refractivity contribution in [3.63, 3.8) is 0 Å². The van der Waals surface area contributed by atoms with Crippen LogP contribution in [-0.4, -0.2) is 36.1 Å². The lowest BCUT2D eigenvalue weighted by atomic mass is 9.89. The van der Waals surface area contributed by atoms with Gasteiger partial charge in [0.1, 0.15) is 0 Å². The number of ether oxygens (including phenoxy) is 1. The van der Waals surface area contributed by atoms with Gasteiger partial charge in [0.25, 0.3) is 5.91 Å². The second-order valence-corrected chi connectivity index (χ2v) is 6.40. The predicted molar refractivity (Wildman–Crippen MR) is 82.2 cm³/mol. The SMILES string of the molecule is O=C(c1ccccc1I)N1CCOC2CCCCC21. The average molecular weight is 371 g/mol. The van der Waals surface area contributed by atoms with E-state index in [1.54, 1.807) is 0 Å². The third-order valence-electron chi connectivity index (χ3n) is 4.10. The molecule has 3 nitrogen and oxygen atoms in total. The summed E-state index contributed by atoms with van der Waals surface area (Å²) in [6, 6.07) is 8.12. The Balaban J connectivity index is 1.84. The topological polar surface area (TPSA) is 29.5 Å². The first kappa shape index (κ1) is 13.4. The van der Waals surface area contributed by atoms with E-state index in [1.165, 1.54) is 12.8 Å². The molecule has 1 heterocycles. The minimum Gasteiger partial charge on any atom is -0.374 e. The molecule has 1 aromatic rings. The maximum Gasteiger partial charge on any atom is 0.255 e. The molecular weight excluding hydrogens is 353 g/mol. The molecule has 2 atom stereocenters. The van der Waals surface area contributed by atoms with Crippen molar-refractivity contribution < 1.29 is 9.53 Å². The summed E-state index contributed by atoms with van der Waals surface area (Å²) in [5, 5.41) is 0. The van der Waals surface area contributed by atoms with E-state index in [0.29, 0.717) is 6.61 Å². The Morgan fingerprint density at radius 1 is 1.26 bits per heavy atom. The normalized spacial score (nSPS) is 26.9. The molecule has 2 fully saturated rings. The zero-order valence-corrected chi connectivity index (χ0v) is 13.0. The van der Waals surface area contributed by atoms with Gasteiger partial charge in [-0.25, -0.2) is 0 Å². The van der Waals surface area contributed by atoms with E-state index in [1.807, 2.05) is 29.2 Å². The number of amides is 1. The number of hydrogen-bond acceptors (Lipinski definition) is 2. The molecule has 1 saturated heterocycles. The highest BCUT2D eigenvalue weighted by Crippen LogP contribution is 2.30. The van der Waals surface area contributed by atoms with Crippen LogP contribution in [0.3, 0.4) is 0 Å². The molecule has 1 saturated carbocycles. The molecule has 2 unspecified atom stereocenters. The minimum absolute atomic E-state index is 0.171. The van der Waals surface area contributed by atoms with Gasteiger partial charge in [0.15, 0.2) is 0 Å². The van der Waals surface area contributed by atoms with Crippen molar-refractivity contribution in [1.29, 1.82) is 0 Å². The Kier molecular flexibility index (Phi) is 4.07. The highest BCUT2D eigenvalue weighted by Gasteiger charge is 2.37. The first-order valence-electron chi connectivity index (χ1n) is 6.94. The van der Waals surface area contributed by atoms with Crippen LogP contribution in [0.15, 0.2) is 24.3 Å². The van der Waals surface area contributed by atoms with Crippen LogP contribution >= 0.6 is 22.6 Å². The largest absolute Gasteiger partial charge is 0.374 e. The Morgan fingerprint density at radius 2 is 2.05 bits per heavy atom. The van der Waals surface area contributed by atoms with Crippen molar-refractivity contribution in [3.05, 3.63) is 33.4 Å². The third kappa shape index (κ3) is 2.65. The van der Waals surface area contributed by atoms with Crippen molar-refractivity contribution in [2.24, 2.45) is 0 Å². The van der Waals surface area contributed by atoms with Gasteiger partial charge in [0.05, 0.1) is 24.3 Å². The molecule has 4 heteroatoms. The summed E-state index contributed by atoms with van der Waals surface area (Å²) in [7, 11) is 0. The number of nitrogens with zero attached hydrogens (tertiary/aromatic N) is 1. The van der Waals surface area contributed by atoms with Crippen molar-refractivity contribution in [2.45, 2.75) is 37.8 Å². The van der Waals surface area contributed by atoms with Gasteiger partial charge in [-0.3, -0.25) is 4.79 Å². The van der Waals surface area contributed by atoms with Gasteiger partial charge in [-0.15, -0.1) is 0 Å². The smallest absolute Gasteiger partial charge is 0.255 e. The van der Waals surface area contributed by atoms with E-state index >= 15 is 0 Å². The fourth-order valence-electron chi connectivity index (χ4n) is 3.14. The summed E-state index contributed by atoms with van der Waals surface area (Å²) in [5.74, 6) is 0.171. The zero-order valence-electron chi connectivity index (χ0n) is 10.8. The van der Waals surface area contributed by atoms with Gasteiger partial charge in [0, 0.05) is 10.1 Å². The number of morpholine rings is 1. The van der Waals surface area contributed by atoms with Gasteiger partial charge < -0.3 is 9.64 Å². The Morgan fingerprint density at radius 3 is 2.89 bits per heavy atom. The Bertz CT molecular complexity index is 475. The van der Waals surface area contributed by atoms with E-state index in [4.69, 9.17) is 4.74 Å². The lowest BCUT2D eigenvalue weighted by Crippen LogP contribution is -2.54. The van der Waals surface area contributed by atoms with Crippen molar-refractivity contribution >= 4 is 28.5 Å². The maximum absolute atomic E-state index is 12.7. The molecule has 0 radical (unpaired) electrons. The van der Waals surface area contributed by atoms with Gasteiger partial charge >= 0.3 is 0 Å². The second-order valence-electron chi connectivity index (χ2n) is 5.24. The highest BCUT2D eigenvalue weighted by molar-refractivity contribution is 14.1. The fraction of sp³-hybridized carbons (Fsp3) is 0.533. The summed E-state index contributed by atoms with van der Waals surface area (Å²) in [6.07, 6.45) is 4.87. The van der Waals surface area contributed by atoms with E-state index in [0.717, 1.165) is 28.5 Å². The van der Waals surface area contributed by atoms with Crippen molar-refractivity contribution in [3.8, 4) is 0 Å². The maximum atomic E-state index is 12.7. The first-order valence-corrected chi connectivity index (χ1v) is 8.02. The van der Waals surface area contributed by atoms with Crippen LogP contribution in [0.1, 0.15) is 36.0 Å². The standard InChI is InChI=1S/C15H18INO2/c16-12-6-2-1-5-11(12)15(18)17-9-10-19-14-8-4-3-7-13(14)17/h1-2,5-6,13-14H,3-4,7-10H2. The molecule has 0 aromatic heterocycles. The van der Waals surface area contributed by atoms with Gasteiger partial charge in [0.2, 0.25) is 0 Å². The monoisotopic (exact) mass is 371 g/mol. The van der Waals surface area contributed by atoms with Crippen LogP contribution in [0.5, 0.6) is 0 Å². The van der Waals surface area contributed by atoms with Crippen LogP contribution < -0.4 is 0 Å². The van der Waals surface area contributed by atoms with Gasteiger partial charge in [-0.1, -0.05) is 25.0 Å². The number of halogens is 1. The lowest BCUT2D eigenvalue weighted by Gasteiger charge is -2.43. The number of rotatable bonds is 1. The second kappa shape index (κ2) is 5.79. The molecule has 1 aliphatic heterocycles. The first-order chi connectivity index (χ1) is 9.27. The third-order valence-corrected chi connectivity index (χ3v) is 5.04. The van der Waals surface area contributed by atoms with Crippen LogP contribution in [0.4, 0.5) is 0 Å². The molecule has 0 N–H and O–H groups in total. The van der Waals surface area contributed by atoms with Gasteiger partial charge in [-0.05, 0) is 47.6 Å². The molecule has 19 heavy (non-hydrogen) atoms. The van der Waals surface area contributed by atoms with E-state index in [9.17, 15) is 4.79 Å². The molecule has 1 amide bonds.